The first-order chi connectivity index (χ1) is 9.68. The first-order valence-electron chi connectivity index (χ1n) is 7.21. The largest absolute Gasteiger partial charge is 0.298 e. The molecule has 6 heteroatoms. The van der Waals surface area contributed by atoms with Gasteiger partial charge in [-0.1, -0.05) is 15.9 Å². The third-order valence-corrected chi connectivity index (χ3v) is 5.95. The van der Waals surface area contributed by atoms with E-state index in [1.807, 2.05) is 0 Å². The van der Waals surface area contributed by atoms with E-state index in [1.54, 1.807) is 24.3 Å². The zero-order chi connectivity index (χ0) is 15.7. The molecule has 118 valence electrons. The molecule has 1 aromatic rings. The summed E-state index contributed by atoms with van der Waals surface area (Å²) in [6, 6.07) is 6.76. The molecule has 1 saturated heterocycles. The topological polar surface area (TPSA) is 49.4 Å². The second-order valence-corrected chi connectivity index (χ2v) is 9.14. The first kappa shape index (κ1) is 16.9. The van der Waals surface area contributed by atoms with Crippen molar-refractivity contribution < 1.29 is 8.42 Å². The van der Waals surface area contributed by atoms with Gasteiger partial charge >= 0.3 is 0 Å². The highest BCUT2D eigenvalue weighted by atomic mass is 79.9. The molecule has 0 amide bonds. The Kier molecular flexibility index (Phi) is 5.13. The van der Waals surface area contributed by atoms with Crippen LogP contribution in [0.4, 0.5) is 0 Å². The molecule has 1 N–H and O–H groups in total. The third-order valence-electron chi connectivity index (χ3n) is 3.89. The van der Waals surface area contributed by atoms with E-state index in [0.29, 0.717) is 4.90 Å². The van der Waals surface area contributed by atoms with Crippen molar-refractivity contribution in [1.82, 2.24) is 9.62 Å². The van der Waals surface area contributed by atoms with Gasteiger partial charge in [0.1, 0.15) is 0 Å². The molecule has 1 aromatic carbocycles. The van der Waals surface area contributed by atoms with Gasteiger partial charge in [0.15, 0.2) is 0 Å². The lowest BCUT2D eigenvalue weighted by Gasteiger charge is -2.40. The van der Waals surface area contributed by atoms with Crippen molar-refractivity contribution in [3.63, 3.8) is 0 Å². The van der Waals surface area contributed by atoms with Crippen molar-refractivity contribution in [1.29, 1.82) is 0 Å². The highest BCUT2D eigenvalue weighted by molar-refractivity contribution is 9.10. The van der Waals surface area contributed by atoms with E-state index >= 15 is 0 Å². The van der Waals surface area contributed by atoms with Crippen LogP contribution in [0, 0.1) is 0 Å². The summed E-state index contributed by atoms with van der Waals surface area (Å²) in [4.78, 5) is 2.72. The number of nitrogens with one attached hydrogen (secondary N) is 1. The van der Waals surface area contributed by atoms with Gasteiger partial charge in [-0.05, 0) is 57.9 Å². The van der Waals surface area contributed by atoms with Crippen LogP contribution in [0.3, 0.4) is 0 Å². The molecular formula is C15H23BrN2O2S. The zero-order valence-corrected chi connectivity index (χ0v) is 15.2. The van der Waals surface area contributed by atoms with Crippen LogP contribution in [-0.4, -0.2) is 38.0 Å². The molecule has 1 aliphatic heterocycles. The van der Waals surface area contributed by atoms with Gasteiger partial charge < -0.3 is 0 Å². The van der Waals surface area contributed by atoms with Crippen molar-refractivity contribution in [3.05, 3.63) is 28.7 Å². The Balaban J connectivity index is 1.98. The maximum Gasteiger partial charge on any atom is 0.240 e. The molecule has 0 unspecified atom stereocenters. The molecule has 0 bridgehead atoms. The Morgan fingerprint density at radius 2 is 1.67 bits per heavy atom. The number of piperidine rings is 1. The summed E-state index contributed by atoms with van der Waals surface area (Å²) in [6.45, 7) is 8.44. The SMILES string of the molecule is CC(C)(C)N1CCC(NS(=O)(=O)c2ccc(Br)cc2)CC1. The second kappa shape index (κ2) is 6.36. The Morgan fingerprint density at radius 1 is 1.14 bits per heavy atom. The fourth-order valence-corrected chi connectivity index (χ4v) is 4.14. The van der Waals surface area contributed by atoms with Crippen molar-refractivity contribution >= 4 is 26.0 Å². The smallest absolute Gasteiger partial charge is 0.240 e. The average Bonchev–Trinajstić information content (AvgIpc) is 2.38. The third kappa shape index (κ3) is 4.52. The first-order valence-corrected chi connectivity index (χ1v) is 9.49. The molecule has 2 rings (SSSR count). The lowest BCUT2D eigenvalue weighted by atomic mass is 9.99. The summed E-state index contributed by atoms with van der Waals surface area (Å²) < 4.78 is 28.4. The lowest BCUT2D eigenvalue weighted by Crippen LogP contribution is -2.50. The summed E-state index contributed by atoms with van der Waals surface area (Å²) in [5.74, 6) is 0. The minimum absolute atomic E-state index is 0.0252. The Hall–Kier alpha value is -0.430. The molecule has 21 heavy (non-hydrogen) atoms. The Bertz CT molecular complexity index is 571. The fourth-order valence-electron chi connectivity index (χ4n) is 2.57. The predicted octanol–water partition coefficient (Wildman–Crippen LogP) is 2.99. The predicted molar refractivity (Wildman–Crippen MR) is 88.8 cm³/mol. The number of benzene rings is 1. The van der Waals surface area contributed by atoms with Gasteiger partial charge in [-0.15, -0.1) is 0 Å². The van der Waals surface area contributed by atoms with Gasteiger partial charge in [-0.2, -0.15) is 0 Å². The van der Waals surface area contributed by atoms with E-state index in [2.05, 4.69) is 46.3 Å². The molecule has 0 aliphatic carbocycles. The molecule has 0 spiro atoms. The van der Waals surface area contributed by atoms with Crippen molar-refractivity contribution in [2.45, 2.75) is 50.1 Å². The van der Waals surface area contributed by atoms with Crippen LogP contribution in [0.15, 0.2) is 33.6 Å². The maximum atomic E-state index is 12.4. The van der Waals surface area contributed by atoms with Crippen LogP contribution in [0.2, 0.25) is 0 Å². The van der Waals surface area contributed by atoms with Gasteiger partial charge in [-0.25, -0.2) is 13.1 Å². The quantitative estimate of drug-likeness (QED) is 0.884. The summed E-state index contributed by atoms with van der Waals surface area (Å²) in [5.41, 5.74) is 0.148. The number of halogens is 1. The fraction of sp³-hybridized carbons (Fsp3) is 0.600. The zero-order valence-electron chi connectivity index (χ0n) is 12.8. The van der Waals surface area contributed by atoms with Crippen LogP contribution in [0.25, 0.3) is 0 Å². The highest BCUT2D eigenvalue weighted by Gasteiger charge is 2.29. The molecular weight excluding hydrogens is 352 g/mol. The summed E-state index contributed by atoms with van der Waals surface area (Å²) in [5, 5.41) is 0. The number of sulfonamides is 1. The lowest BCUT2D eigenvalue weighted by molar-refractivity contribution is 0.100. The van der Waals surface area contributed by atoms with E-state index in [-0.39, 0.29) is 11.6 Å². The number of hydrogen-bond donors (Lipinski definition) is 1. The van der Waals surface area contributed by atoms with Crippen molar-refractivity contribution in [3.8, 4) is 0 Å². The van der Waals surface area contributed by atoms with Gasteiger partial charge in [-0.3, -0.25) is 4.90 Å². The Morgan fingerprint density at radius 3 is 2.14 bits per heavy atom. The molecule has 0 saturated carbocycles. The van der Waals surface area contributed by atoms with Gasteiger partial charge in [0.2, 0.25) is 10.0 Å². The number of nitrogens with zero attached hydrogens (tertiary/aromatic N) is 1. The minimum atomic E-state index is -3.42. The second-order valence-electron chi connectivity index (χ2n) is 6.51. The normalized spacial score (nSPS) is 18.9. The summed E-state index contributed by atoms with van der Waals surface area (Å²) in [6.07, 6.45) is 1.71. The van der Waals surface area contributed by atoms with Gasteiger partial charge in [0.05, 0.1) is 4.90 Å². The van der Waals surface area contributed by atoms with Gasteiger partial charge in [0, 0.05) is 29.1 Å². The number of hydrogen-bond acceptors (Lipinski definition) is 3. The molecule has 1 fully saturated rings. The van der Waals surface area contributed by atoms with Crippen LogP contribution in [0.1, 0.15) is 33.6 Å². The number of likely N-dealkylation sites (tertiary alicyclic amines) is 1. The molecule has 1 heterocycles. The van der Waals surface area contributed by atoms with Crippen LogP contribution < -0.4 is 4.72 Å². The summed E-state index contributed by atoms with van der Waals surface area (Å²) >= 11 is 3.32. The van der Waals surface area contributed by atoms with Crippen molar-refractivity contribution in [2.24, 2.45) is 0 Å². The summed E-state index contributed by atoms with van der Waals surface area (Å²) in [7, 11) is -3.42. The van der Waals surface area contributed by atoms with Crippen LogP contribution in [-0.2, 0) is 10.0 Å². The highest BCUT2D eigenvalue weighted by Crippen LogP contribution is 2.22. The van der Waals surface area contributed by atoms with Crippen LogP contribution in [0.5, 0.6) is 0 Å². The van der Waals surface area contributed by atoms with E-state index in [1.165, 1.54) is 0 Å². The molecule has 1 aliphatic rings. The van der Waals surface area contributed by atoms with Gasteiger partial charge in [0.25, 0.3) is 0 Å². The molecule has 4 nitrogen and oxygen atoms in total. The van der Waals surface area contributed by atoms with Crippen molar-refractivity contribution in [2.75, 3.05) is 13.1 Å². The minimum Gasteiger partial charge on any atom is -0.298 e. The van der Waals surface area contributed by atoms with E-state index in [0.717, 1.165) is 30.4 Å². The molecule has 0 radical (unpaired) electrons. The standard InChI is InChI=1S/C15H23BrN2O2S/c1-15(2,3)18-10-8-13(9-11-18)17-21(19,20)14-6-4-12(16)5-7-14/h4-7,13,17H,8-11H2,1-3H3. The monoisotopic (exact) mass is 374 g/mol. The van der Waals surface area contributed by atoms with E-state index in [4.69, 9.17) is 0 Å². The average molecular weight is 375 g/mol. The maximum absolute atomic E-state index is 12.4. The Labute approximate surface area is 136 Å². The molecule has 0 atom stereocenters. The molecule has 0 aromatic heterocycles. The van der Waals surface area contributed by atoms with E-state index < -0.39 is 10.0 Å². The van der Waals surface area contributed by atoms with E-state index in [9.17, 15) is 8.42 Å². The van der Waals surface area contributed by atoms with Crippen LogP contribution >= 0.6 is 15.9 Å². The number of rotatable bonds is 3.